The van der Waals surface area contributed by atoms with Gasteiger partial charge in [-0.05, 0) is 58.8 Å². The Kier molecular flexibility index (Phi) is 29.8. The second kappa shape index (κ2) is 32.5. The number of rotatable bonds is 33. The Labute approximate surface area is 372 Å². The lowest BCUT2D eigenvalue weighted by atomic mass is 9.88. The molecular weight excluding hydrogens is 821 g/mol. The number of aliphatic hydroxyl groups excluding tert-OH is 8. The monoisotopic (exact) mass is 897 g/mol. The van der Waals surface area contributed by atoms with E-state index in [-0.39, 0.29) is 50.5 Å². The van der Waals surface area contributed by atoms with Crippen molar-refractivity contribution in [2.75, 3.05) is 7.11 Å². The first kappa shape index (κ1) is 57.8. The maximum atomic E-state index is 12.3. The van der Waals surface area contributed by atoms with Gasteiger partial charge >= 0.3 is 5.97 Å². The Balaban J connectivity index is 2.78. The molecule has 1 saturated heterocycles. The molecule has 0 aliphatic carbocycles. The summed E-state index contributed by atoms with van der Waals surface area (Å²) < 4.78 is 17.2. The minimum Gasteiger partial charge on any atom is -0.481 e. The molecule has 1 fully saturated rings. The van der Waals surface area contributed by atoms with Crippen LogP contribution < -0.4 is 0 Å². The van der Waals surface area contributed by atoms with Crippen LogP contribution in [0.3, 0.4) is 0 Å². The van der Waals surface area contributed by atoms with E-state index < -0.39 is 104 Å². The quantitative estimate of drug-likeness (QED) is 0.0257. The van der Waals surface area contributed by atoms with Crippen molar-refractivity contribution in [1.82, 2.24) is 0 Å². The molecule has 0 radical (unpaired) electrons. The van der Waals surface area contributed by atoms with E-state index in [4.69, 9.17) is 14.2 Å². The first-order valence-electron chi connectivity index (χ1n) is 21.9. The summed E-state index contributed by atoms with van der Waals surface area (Å²) in [5.74, 6) is -5.60. The van der Waals surface area contributed by atoms with E-state index >= 15 is 0 Å². The summed E-state index contributed by atoms with van der Waals surface area (Å²) in [4.78, 5) is 22.8. The fraction of sp³-hybridized carbons (Fsp3) is 0.660. The molecule has 14 atom stereocenters. The number of ether oxygens (including phenoxy) is 3. The molecule has 0 amide bonds. The number of carboxylic acids is 1. The Morgan fingerprint density at radius 2 is 1.29 bits per heavy atom. The minimum atomic E-state index is -2.75. The molecule has 0 aromatic carbocycles. The van der Waals surface area contributed by atoms with Gasteiger partial charge in [-0.15, -0.1) is 0 Å². The van der Waals surface area contributed by atoms with Gasteiger partial charge in [-0.1, -0.05) is 92.0 Å². The van der Waals surface area contributed by atoms with E-state index in [0.29, 0.717) is 25.5 Å². The number of hydrogen-bond donors (Lipinski definition) is 11. The van der Waals surface area contributed by atoms with Crippen LogP contribution in [0, 0.1) is 11.8 Å². The fourth-order valence-electron chi connectivity index (χ4n) is 6.79. The molecular formula is C47H76O16. The van der Waals surface area contributed by atoms with Gasteiger partial charge in [0.1, 0.15) is 6.29 Å². The first-order valence-corrected chi connectivity index (χ1v) is 21.9. The summed E-state index contributed by atoms with van der Waals surface area (Å²) in [5.41, 5.74) is 0. The maximum Gasteiger partial charge on any atom is 0.309 e. The van der Waals surface area contributed by atoms with Crippen molar-refractivity contribution in [2.45, 2.75) is 177 Å². The average molecular weight is 897 g/mol. The van der Waals surface area contributed by atoms with Crippen LogP contribution in [0.25, 0.3) is 0 Å². The third kappa shape index (κ3) is 26.4. The maximum absolute atomic E-state index is 12.3. The highest BCUT2D eigenvalue weighted by atomic mass is 16.7. The first-order chi connectivity index (χ1) is 29.8. The summed E-state index contributed by atoms with van der Waals surface area (Å²) in [6.07, 6.45) is 13.3. The molecule has 1 aliphatic rings. The third-order valence-corrected chi connectivity index (χ3v) is 11.0. The Morgan fingerprint density at radius 1 is 0.698 bits per heavy atom. The zero-order chi connectivity index (χ0) is 47.4. The van der Waals surface area contributed by atoms with Crippen LogP contribution in [0.5, 0.6) is 0 Å². The average Bonchev–Trinajstić information content (AvgIpc) is 3.21. The number of aliphatic carboxylic acids is 1. The van der Waals surface area contributed by atoms with Gasteiger partial charge in [-0.2, -0.15) is 0 Å². The molecule has 16 nitrogen and oxygen atoms in total. The molecule has 0 aromatic heterocycles. The summed E-state index contributed by atoms with van der Waals surface area (Å²) in [7, 11) is 1.63. The van der Waals surface area contributed by atoms with Gasteiger partial charge < -0.3 is 75.2 Å². The fourth-order valence-corrected chi connectivity index (χ4v) is 6.79. The van der Waals surface area contributed by atoms with Crippen LogP contribution in [-0.2, 0) is 23.8 Å². The molecule has 0 unspecified atom stereocenters. The molecule has 63 heavy (non-hydrogen) atoms. The lowest BCUT2D eigenvalue weighted by Gasteiger charge is -2.34. The largest absolute Gasteiger partial charge is 0.481 e. The van der Waals surface area contributed by atoms with E-state index in [1.807, 2.05) is 68.5 Å². The van der Waals surface area contributed by atoms with E-state index in [9.17, 15) is 65.8 Å². The predicted octanol–water partition coefficient (Wildman–Crippen LogP) is 2.83. The standard InChI is InChI=1S/C47H76O16/c1-32(33(2)61-4)40(52)19-17-15-13-11-9-7-5-6-8-10-12-14-16-18-38(63-45-25-24-41(53)34(3)62-45)21-22-39(46(57)58)44(56)31-47(59,60)30-37(51)29-43(55)42(54)23-20-35(49)28-36(50)26-27-48/h5-18,27,32-45,49-56,59-60H,19-26,28-31H2,1-4H3,(H,57,58)/b6-5+,9-7+,10-8+,13-11+,14-12+,17-15+,18-16+/t32-,33-,34+,35+,36-,37-,38-,39-,40+,41-,42+,43+,44-,45-/m0/s1. The highest BCUT2D eigenvalue weighted by Gasteiger charge is 2.37. The van der Waals surface area contributed by atoms with Crippen molar-refractivity contribution in [3.63, 3.8) is 0 Å². The van der Waals surface area contributed by atoms with E-state index in [1.54, 1.807) is 44.4 Å². The number of allylic oxidation sites excluding steroid dienone is 12. The summed E-state index contributed by atoms with van der Waals surface area (Å²) in [6, 6.07) is 0. The van der Waals surface area contributed by atoms with Gasteiger partial charge in [0.05, 0.1) is 73.1 Å². The van der Waals surface area contributed by atoms with Crippen LogP contribution in [-0.4, -0.2) is 155 Å². The molecule has 0 spiro atoms. The number of methoxy groups -OCH3 is 1. The summed E-state index contributed by atoms with van der Waals surface area (Å²) in [5, 5.41) is 113. The van der Waals surface area contributed by atoms with Gasteiger partial charge in [0.25, 0.3) is 0 Å². The summed E-state index contributed by atoms with van der Waals surface area (Å²) in [6.45, 7) is 5.60. The molecule has 0 saturated carbocycles. The molecule has 1 rings (SSSR count). The van der Waals surface area contributed by atoms with Crippen molar-refractivity contribution < 1.29 is 80.0 Å². The molecule has 360 valence electrons. The second-order valence-corrected chi connectivity index (χ2v) is 16.5. The number of carbonyl (C=O) groups is 2. The highest BCUT2D eigenvalue weighted by molar-refractivity contribution is 5.70. The molecule has 1 heterocycles. The second-order valence-electron chi connectivity index (χ2n) is 16.5. The Bertz CT molecular complexity index is 1460. The minimum absolute atomic E-state index is 0.0250. The smallest absolute Gasteiger partial charge is 0.309 e. The van der Waals surface area contributed by atoms with Crippen molar-refractivity contribution in [3.8, 4) is 0 Å². The van der Waals surface area contributed by atoms with Crippen LogP contribution >= 0.6 is 0 Å². The van der Waals surface area contributed by atoms with Crippen molar-refractivity contribution >= 4 is 12.3 Å². The lowest BCUT2D eigenvalue weighted by molar-refractivity contribution is -0.229. The van der Waals surface area contributed by atoms with Crippen molar-refractivity contribution in [3.05, 3.63) is 85.1 Å². The van der Waals surface area contributed by atoms with Gasteiger partial charge in [-0.25, -0.2) is 0 Å². The van der Waals surface area contributed by atoms with Gasteiger partial charge in [0.15, 0.2) is 12.1 Å². The molecule has 1 aliphatic heterocycles. The summed E-state index contributed by atoms with van der Waals surface area (Å²) >= 11 is 0. The van der Waals surface area contributed by atoms with Crippen LogP contribution in [0.15, 0.2) is 85.1 Å². The predicted molar refractivity (Wildman–Crippen MR) is 237 cm³/mol. The number of aldehydes is 1. The molecule has 11 N–H and O–H groups in total. The van der Waals surface area contributed by atoms with Crippen LogP contribution in [0.2, 0.25) is 0 Å². The molecule has 0 aromatic rings. The molecule has 0 bridgehead atoms. The SMILES string of the molecule is CO[C@@H](C)[C@H](C)[C@H](O)C/C=C/C=C/C=C/C=C/C=C/C=C/C=C/[C@@H](CC[C@H](C(=O)O)[C@@H](O)CC(O)(O)C[C@@H](O)C[C@@H](O)[C@H](O)CC[C@@H](O)C[C@@H](O)CC=O)O[C@H]1CC[C@H](O)[C@@H](C)O1. The number of carboxylic acid groups (broad SMARTS) is 1. The zero-order valence-electron chi connectivity index (χ0n) is 37.2. The van der Waals surface area contributed by atoms with E-state index in [2.05, 4.69) is 0 Å². The molecule has 16 heteroatoms. The van der Waals surface area contributed by atoms with E-state index in [1.165, 1.54) is 0 Å². The third-order valence-electron chi connectivity index (χ3n) is 11.0. The van der Waals surface area contributed by atoms with Crippen LogP contribution in [0.1, 0.15) is 97.8 Å². The van der Waals surface area contributed by atoms with E-state index in [0.717, 1.165) is 0 Å². The van der Waals surface area contributed by atoms with Crippen molar-refractivity contribution in [2.24, 2.45) is 11.8 Å². The number of hydrogen-bond acceptors (Lipinski definition) is 15. The normalized spacial score (nSPS) is 23.5. The van der Waals surface area contributed by atoms with Gasteiger partial charge in [0.2, 0.25) is 0 Å². The zero-order valence-corrected chi connectivity index (χ0v) is 37.2. The van der Waals surface area contributed by atoms with Crippen molar-refractivity contribution in [1.29, 1.82) is 0 Å². The Hall–Kier alpha value is -3.20. The van der Waals surface area contributed by atoms with Gasteiger partial charge in [0, 0.05) is 45.1 Å². The number of carbonyl (C=O) groups excluding carboxylic acids is 1. The number of aliphatic hydroxyl groups is 10. The van der Waals surface area contributed by atoms with Crippen LogP contribution in [0.4, 0.5) is 0 Å². The van der Waals surface area contributed by atoms with Gasteiger partial charge in [-0.3, -0.25) is 4.79 Å². The highest BCUT2D eigenvalue weighted by Crippen LogP contribution is 2.28. The topological polar surface area (TPSA) is 284 Å². The Morgan fingerprint density at radius 3 is 1.84 bits per heavy atom. The lowest BCUT2D eigenvalue weighted by Crippen LogP contribution is -2.42.